The zero-order chi connectivity index (χ0) is 21.1. The van der Waals surface area contributed by atoms with Crippen molar-refractivity contribution in [2.45, 2.75) is 12.8 Å². The maximum absolute atomic E-state index is 12.5. The van der Waals surface area contributed by atoms with Crippen LogP contribution in [0.4, 0.5) is 11.8 Å². The number of carbonyl (C=O) groups excluding carboxylic acids is 1. The van der Waals surface area contributed by atoms with Gasteiger partial charge in [-0.05, 0) is 37.1 Å². The summed E-state index contributed by atoms with van der Waals surface area (Å²) in [5, 5.41) is 7.55. The number of piperidine rings is 1. The molecular weight excluding hydrogens is 429 g/mol. The van der Waals surface area contributed by atoms with Gasteiger partial charge in [0.15, 0.2) is 0 Å². The molecule has 0 bridgehead atoms. The van der Waals surface area contributed by atoms with Gasteiger partial charge in [-0.1, -0.05) is 28.4 Å². The van der Waals surface area contributed by atoms with Gasteiger partial charge in [0.1, 0.15) is 11.6 Å². The van der Waals surface area contributed by atoms with Crippen LogP contribution in [0, 0.1) is 5.92 Å². The first-order valence-corrected chi connectivity index (χ1v) is 10.1. The van der Waals surface area contributed by atoms with Crippen molar-refractivity contribution in [2.24, 2.45) is 5.92 Å². The topological polar surface area (TPSA) is 93.4 Å². The Balaban J connectivity index is 1.34. The summed E-state index contributed by atoms with van der Waals surface area (Å²) < 4.78 is 10.6. The third kappa shape index (κ3) is 4.49. The predicted octanol–water partition coefficient (Wildman–Crippen LogP) is 4.30. The molecule has 1 aliphatic rings. The SMILES string of the molecule is COc1ccc(-c2noc(N3CCC(C(=O)Nc4cc(Cl)c(Cl)cn4)CC3)n2)cc1. The Kier molecular flexibility index (Phi) is 6.06. The average molecular weight is 448 g/mol. The molecule has 3 heterocycles. The minimum atomic E-state index is -0.138. The lowest BCUT2D eigenvalue weighted by Gasteiger charge is -2.29. The lowest BCUT2D eigenvalue weighted by atomic mass is 9.96. The number of hydrogen-bond acceptors (Lipinski definition) is 7. The average Bonchev–Trinajstić information content (AvgIpc) is 3.27. The van der Waals surface area contributed by atoms with E-state index in [0.717, 1.165) is 11.3 Å². The maximum atomic E-state index is 12.5. The fourth-order valence-corrected chi connectivity index (χ4v) is 3.50. The van der Waals surface area contributed by atoms with Gasteiger partial charge >= 0.3 is 6.01 Å². The smallest absolute Gasteiger partial charge is 0.324 e. The van der Waals surface area contributed by atoms with Crippen molar-refractivity contribution < 1.29 is 14.1 Å². The number of ether oxygens (including phenoxy) is 1. The minimum absolute atomic E-state index is 0.0926. The number of aromatic nitrogens is 3. The highest BCUT2D eigenvalue weighted by Gasteiger charge is 2.28. The molecule has 0 atom stereocenters. The van der Waals surface area contributed by atoms with Crippen molar-refractivity contribution in [3.63, 3.8) is 0 Å². The lowest BCUT2D eigenvalue weighted by molar-refractivity contribution is -0.120. The van der Waals surface area contributed by atoms with Crippen LogP contribution in [0.15, 0.2) is 41.1 Å². The molecule has 8 nitrogen and oxygen atoms in total. The summed E-state index contributed by atoms with van der Waals surface area (Å²) in [6, 6.07) is 9.43. The first-order chi connectivity index (χ1) is 14.5. The van der Waals surface area contributed by atoms with Gasteiger partial charge < -0.3 is 19.5 Å². The van der Waals surface area contributed by atoms with Crippen LogP contribution in [0.2, 0.25) is 10.0 Å². The molecule has 1 fully saturated rings. The molecule has 30 heavy (non-hydrogen) atoms. The summed E-state index contributed by atoms with van der Waals surface area (Å²) in [7, 11) is 1.62. The van der Waals surface area contributed by atoms with E-state index in [1.807, 2.05) is 29.2 Å². The van der Waals surface area contributed by atoms with Crippen molar-refractivity contribution in [2.75, 3.05) is 30.4 Å². The molecule has 2 aromatic heterocycles. The Morgan fingerprint density at radius 1 is 1.20 bits per heavy atom. The van der Waals surface area contributed by atoms with Gasteiger partial charge in [-0.15, -0.1) is 0 Å². The van der Waals surface area contributed by atoms with Crippen LogP contribution < -0.4 is 15.0 Å². The standard InChI is InChI=1S/C20H19Cl2N5O3/c1-29-14-4-2-12(3-5-14)18-25-20(30-26-18)27-8-6-13(7-9-27)19(28)24-17-10-15(21)16(22)11-23-17/h2-5,10-11,13H,6-9H2,1H3,(H,23,24,28). The van der Waals surface area contributed by atoms with Gasteiger partial charge in [0, 0.05) is 36.8 Å². The highest BCUT2D eigenvalue weighted by Crippen LogP contribution is 2.27. The van der Waals surface area contributed by atoms with Crippen molar-refractivity contribution in [1.82, 2.24) is 15.1 Å². The second-order valence-corrected chi connectivity index (χ2v) is 7.68. The summed E-state index contributed by atoms with van der Waals surface area (Å²) in [4.78, 5) is 23.1. The molecule has 1 saturated heterocycles. The van der Waals surface area contributed by atoms with Crippen molar-refractivity contribution in [3.05, 3.63) is 46.6 Å². The number of rotatable bonds is 5. The largest absolute Gasteiger partial charge is 0.497 e. The van der Waals surface area contributed by atoms with Gasteiger partial charge in [0.2, 0.25) is 11.7 Å². The van der Waals surface area contributed by atoms with E-state index < -0.39 is 0 Å². The molecule has 1 amide bonds. The Labute approximate surface area is 183 Å². The number of nitrogens with one attached hydrogen (secondary N) is 1. The molecule has 0 saturated carbocycles. The highest BCUT2D eigenvalue weighted by atomic mass is 35.5. The van der Waals surface area contributed by atoms with E-state index in [1.165, 1.54) is 12.3 Å². The number of hydrogen-bond donors (Lipinski definition) is 1. The third-order valence-electron chi connectivity index (χ3n) is 4.96. The lowest BCUT2D eigenvalue weighted by Crippen LogP contribution is -2.38. The Morgan fingerprint density at radius 3 is 2.60 bits per heavy atom. The number of carbonyl (C=O) groups is 1. The number of anilines is 2. The molecule has 1 aromatic carbocycles. The number of amides is 1. The number of nitrogens with zero attached hydrogens (tertiary/aromatic N) is 4. The van der Waals surface area contributed by atoms with Gasteiger partial charge in [-0.2, -0.15) is 4.98 Å². The van der Waals surface area contributed by atoms with E-state index in [0.29, 0.717) is 53.6 Å². The molecular formula is C20H19Cl2N5O3. The summed E-state index contributed by atoms with van der Waals surface area (Å²) in [5.41, 5.74) is 0.842. The number of halogens is 2. The zero-order valence-corrected chi connectivity index (χ0v) is 17.7. The fourth-order valence-electron chi connectivity index (χ4n) is 3.25. The Morgan fingerprint density at radius 2 is 1.93 bits per heavy atom. The van der Waals surface area contributed by atoms with Crippen molar-refractivity contribution >= 4 is 40.9 Å². The van der Waals surface area contributed by atoms with Gasteiger partial charge in [0.25, 0.3) is 0 Å². The monoisotopic (exact) mass is 447 g/mol. The Bertz CT molecular complexity index is 1030. The fraction of sp³-hybridized carbons (Fsp3) is 0.300. The normalized spacial score (nSPS) is 14.6. The number of methoxy groups -OCH3 is 1. The van der Waals surface area contributed by atoms with E-state index >= 15 is 0 Å². The molecule has 0 radical (unpaired) electrons. The van der Waals surface area contributed by atoms with Crippen LogP contribution in [0.5, 0.6) is 5.75 Å². The summed E-state index contributed by atoms with van der Waals surface area (Å²) in [6.45, 7) is 1.27. The number of benzene rings is 1. The number of pyridine rings is 1. The van der Waals surface area contributed by atoms with Gasteiger partial charge in [-0.25, -0.2) is 4.98 Å². The van der Waals surface area contributed by atoms with Crippen LogP contribution in [0.3, 0.4) is 0 Å². The van der Waals surface area contributed by atoms with Crippen LogP contribution in [-0.2, 0) is 4.79 Å². The molecule has 0 unspecified atom stereocenters. The highest BCUT2D eigenvalue weighted by molar-refractivity contribution is 6.42. The molecule has 156 valence electrons. The first kappa shape index (κ1) is 20.4. The van der Waals surface area contributed by atoms with Crippen molar-refractivity contribution in [1.29, 1.82) is 0 Å². The van der Waals surface area contributed by atoms with Crippen LogP contribution in [0.1, 0.15) is 12.8 Å². The minimum Gasteiger partial charge on any atom is -0.497 e. The third-order valence-corrected chi connectivity index (χ3v) is 5.67. The molecule has 0 spiro atoms. The molecule has 1 aliphatic heterocycles. The van der Waals surface area contributed by atoms with Crippen LogP contribution in [-0.4, -0.2) is 41.2 Å². The molecule has 0 aliphatic carbocycles. The molecule has 10 heteroatoms. The second-order valence-electron chi connectivity index (χ2n) is 6.86. The van der Waals surface area contributed by atoms with Gasteiger partial charge in [0.05, 0.1) is 17.2 Å². The van der Waals surface area contributed by atoms with Crippen molar-refractivity contribution in [3.8, 4) is 17.1 Å². The summed E-state index contributed by atoms with van der Waals surface area (Å²) in [5.74, 6) is 1.43. The van der Waals surface area contributed by atoms with Gasteiger partial charge in [-0.3, -0.25) is 4.79 Å². The molecule has 4 rings (SSSR count). The Hall–Kier alpha value is -2.84. The quantitative estimate of drug-likeness (QED) is 0.622. The predicted molar refractivity (Wildman–Crippen MR) is 114 cm³/mol. The second kappa shape index (κ2) is 8.89. The molecule has 3 aromatic rings. The first-order valence-electron chi connectivity index (χ1n) is 9.38. The maximum Gasteiger partial charge on any atom is 0.324 e. The summed E-state index contributed by atoms with van der Waals surface area (Å²) >= 11 is 11.8. The van der Waals surface area contributed by atoms with E-state index in [1.54, 1.807) is 7.11 Å². The van der Waals surface area contributed by atoms with E-state index in [9.17, 15) is 4.79 Å². The van der Waals surface area contributed by atoms with Crippen LogP contribution in [0.25, 0.3) is 11.4 Å². The van der Waals surface area contributed by atoms with E-state index in [-0.39, 0.29) is 11.8 Å². The van der Waals surface area contributed by atoms with E-state index in [4.69, 9.17) is 32.5 Å². The molecule has 1 N–H and O–H groups in total. The summed E-state index contributed by atoms with van der Waals surface area (Å²) in [6.07, 6.45) is 2.74. The van der Waals surface area contributed by atoms with Crippen LogP contribution >= 0.6 is 23.2 Å². The zero-order valence-electron chi connectivity index (χ0n) is 16.1. The van der Waals surface area contributed by atoms with E-state index in [2.05, 4.69) is 20.4 Å².